The highest BCUT2D eigenvalue weighted by atomic mass is 35.5. The number of aliphatic hydroxyl groups is 1. The van der Waals surface area contributed by atoms with Crippen LogP contribution in [-0.4, -0.2) is 42.8 Å². The second kappa shape index (κ2) is 7.62. The molecule has 0 aromatic heterocycles. The number of piperazine rings is 1. The molecule has 108 valence electrons. The van der Waals surface area contributed by atoms with E-state index in [1.54, 1.807) is 6.07 Å². The van der Waals surface area contributed by atoms with Gasteiger partial charge >= 0.3 is 0 Å². The first-order valence-electron chi connectivity index (χ1n) is 5.84. The van der Waals surface area contributed by atoms with Crippen molar-refractivity contribution in [3.8, 4) is 0 Å². The van der Waals surface area contributed by atoms with Crippen molar-refractivity contribution in [1.29, 1.82) is 0 Å². The molecule has 0 bridgehead atoms. The first-order valence-corrected chi connectivity index (χ1v) is 6.59. The zero-order valence-electron chi connectivity index (χ0n) is 10.2. The van der Waals surface area contributed by atoms with Gasteiger partial charge in [-0.2, -0.15) is 0 Å². The first-order chi connectivity index (χ1) is 8.65. The molecule has 7 heteroatoms. The molecule has 1 heterocycles. The number of rotatable bonds is 3. The van der Waals surface area contributed by atoms with Gasteiger partial charge in [-0.1, -0.05) is 23.2 Å². The molecule has 1 aromatic rings. The summed E-state index contributed by atoms with van der Waals surface area (Å²) in [6.07, 6.45) is 0. The minimum Gasteiger partial charge on any atom is -0.394 e. The standard InChI is InChI=1S/C12H15Cl2FN2O.ClH/c13-8-1-2-9(14)12(15)11(8)10(7-18)17-5-3-16-4-6-17;/h1-2,10,16,18H,3-7H2;1H/t10-;/m1./s1. The molecule has 0 unspecified atom stereocenters. The molecule has 1 atom stereocenters. The smallest absolute Gasteiger partial charge is 0.148 e. The van der Waals surface area contributed by atoms with Crippen LogP contribution in [0.5, 0.6) is 0 Å². The van der Waals surface area contributed by atoms with Crippen molar-refractivity contribution >= 4 is 35.6 Å². The monoisotopic (exact) mass is 328 g/mol. The maximum absolute atomic E-state index is 14.1. The molecule has 0 aliphatic carbocycles. The SMILES string of the molecule is Cl.OC[C@H](c1c(Cl)ccc(Cl)c1F)N1CCNCC1. The Bertz CT molecular complexity index is 428. The number of aliphatic hydroxyl groups excluding tert-OH is 1. The highest BCUT2D eigenvalue weighted by Crippen LogP contribution is 2.33. The van der Waals surface area contributed by atoms with Gasteiger partial charge in [0, 0.05) is 36.8 Å². The van der Waals surface area contributed by atoms with E-state index >= 15 is 0 Å². The Balaban J connectivity index is 0.00000180. The van der Waals surface area contributed by atoms with Crippen LogP contribution in [0.3, 0.4) is 0 Å². The Morgan fingerprint density at radius 1 is 1.26 bits per heavy atom. The summed E-state index contributed by atoms with van der Waals surface area (Å²) in [5.74, 6) is -0.540. The van der Waals surface area contributed by atoms with Gasteiger partial charge in [0.2, 0.25) is 0 Å². The quantitative estimate of drug-likeness (QED) is 0.836. The van der Waals surface area contributed by atoms with Crippen LogP contribution in [0.2, 0.25) is 10.0 Å². The molecule has 1 aliphatic rings. The van der Waals surface area contributed by atoms with Crippen molar-refractivity contribution < 1.29 is 9.50 Å². The maximum Gasteiger partial charge on any atom is 0.148 e. The lowest BCUT2D eigenvalue weighted by Gasteiger charge is -2.34. The molecular weight excluding hydrogens is 314 g/mol. The Hall–Kier alpha value is -0.100. The van der Waals surface area contributed by atoms with Crippen molar-refractivity contribution in [2.45, 2.75) is 6.04 Å². The van der Waals surface area contributed by atoms with Crippen LogP contribution >= 0.6 is 35.6 Å². The number of halogens is 4. The highest BCUT2D eigenvalue weighted by molar-refractivity contribution is 6.33. The van der Waals surface area contributed by atoms with E-state index in [4.69, 9.17) is 23.2 Å². The first kappa shape index (κ1) is 17.0. The molecule has 1 aromatic carbocycles. The molecule has 19 heavy (non-hydrogen) atoms. The van der Waals surface area contributed by atoms with Gasteiger partial charge in [0.15, 0.2) is 0 Å². The van der Waals surface area contributed by atoms with E-state index in [-0.39, 0.29) is 29.6 Å². The lowest BCUT2D eigenvalue weighted by atomic mass is 10.0. The summed E-state index contributed by atoms with van der Waals surface area (Å²) in [4.78, 5) is 2.01. The summed E-state index contributed by atoms with van der Waals surface area (Å²) in [5, 5.41) is 13.1. The maximum atomic E-state index is 14.1. The highest BCUT2D eigenvalue weighted by Gasteiger charge is 2.27. The summed E-state index contributed by atoms with van der Waals surface area (Å²) >= 11 is 11.8. The van der Waals surface area contributed by atoms with Crippen molar-refractivity contribution in [1.82, 2.24) is 10.2 Å². The normalized spacial score (nSPS) is 17.9. The summed E-state index contributed by atoms with van der Waals surface area (Å²) in [7, 11) is 0. The van der Waals surface area contributed by atoms with E-state index in [0.29, 0.717) is 5.02 Å². The third kappa shape index (κ3) is 3.72. The van der Waals surface area contributed by atoms with Gasteiger partial charge < -0.3 is 10.4 Å². The Kier molecular flexibility index (Phi) is 6.80. The van der Waals surface area contributed by atoms with E-state index in [1.807, 2.05) is 4.90 Å². The number of hydrogen-bond donors (Lipinski definition) is 2. The van der Waals surface area contributed by atoms with Crippen LogP contribution in [0.4, 0.5) is 4.39 Å². The van der Waals surface area contributed by atoms with Crippen molar-refractivity contribution in [3.05, 3.63) is 33.6 Å². The third-order valence-corrected chi connectivity index (χ3v) is 3.80. The molecule has 0 amide bonds. The van der Waals surface area contributed by atoms with Gasteiger partial charge in [0.05, 0.1) is 17.7 Å². The van der Waals surface area contributed by atoms with Crippen LogP contribution in [0.25, 0.3) is 0 Å². The summed E-state index contributed by atoms with van der Waals surface area (Å²) in [6.45, 7) is 2.94. The van der Waals surface area contributed by atoms with Crippen LogP contribution in [0, 0.1) is 5.82 Å². The lowest BCUT2D eigenvalue weighted by molar-refractivity contribution is 0.108. The number of hydrogen-bond acceptors (Lipinski definition) is 3. The van der Waals surface area contributed by atoms with Crippen molar-refractivity contribution in [3.63, 3.8) is 0 Å². The Labute approximate surface area is 128 Å². The number of nitrogens with one attached hydrogen (secondary N) is 1. The van der Waals surface area contributed by atoms with E-state index in [2.05, 4.69) is 5.32 Å². The molecule has 1 saturated heterocycles. The largest absolute Gasteiger partial charge is 0.394 e. The minimum atomic E-state index is -0.540. The van der Waals surface area contributed by atoms with E-state index in [1.165, 1.54) is 6.07 Å². The van der Waals surface area contributed by atoms with E-state index in [9.17, 15) is 9.50 Å². The van der Waals surface area contributed by atoms with Gasteiger partial charge in [-0.25, -0.2) is 4.39 Å². The summed E-state index contributed by atoms with van der Waals surface area (Å²) in [5.41, 5.74) is 0.286. The average molecular weight is 330 g/mol. The minimum absolute atomic E-state index is 0. The fourth-order valence-corrected chi connectivity index (χ4v) is 2.67. The van der Waals surface area contributed by atoms with Crippen LogP contribution in [0.1, 0.15) is 11.6 Å². The molecule has 2 N–H and O–H groups in total. The summed E-state index contributed by atoms with van der Waals surface area (Å²) < 4.78 is 14.1. The van der Waals surface area contributed by atoms with E-state index in [0.717, 1.165) is 26.2 Å². The zero-order chi connectivity index (χ0) is 13.1. The van der Waals surface area contributed by atoms with Gasteiger partial charge in [0.25, 0.3) is 0 Å². The zero-order valence-corrected chi connectivity index (χ0v) is 12.5. The second-order valence-corrected chi connectivity index (χ2v) is 5.06. The van der Waals surface area contributed by atoms with Crippen LogP contribution < -0.4 is 5.32 Å². The molecule has 0 saturated carbocycles. The second-order valence-electron chi connectivity index (χ2n) is 4.24. The number of nitrogens with zero attached hydrogens (tertiary/aromatic N) is 1. The van der Waals surface area contributed by atoms with Gasteiger partial charge in [-0.15, -0.1) is 12.4 Å². The Morgan fingerprint density at radius 2 is 1.84 bits per heavy atom. The number of benzene rings is 1. The lowest BCUT2D eigenvalue weighted by Crippen LogP contribution is -2.46. The predicted molar refractivity (Wildman–Crippen MR) is 77.9 cm³/mol. The molecular formula is C12H16Cl3FN2O. The predicted octanol–water partition coefficient (Wildman–Crippen LogP) is 2.49. The van der Waals surface area contributed by atoms with E-state index < -0.39 is 11.9 Å². The van der Waals surface area contributed by atoms with Crippen molar-refractivity contribution in [2.24, 2.45) is 0 Å². The van der Waals surface area contributed by atoms with Gasteiger partial charge in [0.1, 0.15) is 5.82 Å². The molecule has 2 rings (SSSR count). The topological polar surface area (TPSA) is 35.5 Å². The van der Waals surface area contributed by atoms with Crippen molar-refractivity contribution in [2.75, 3.05) is 32.8 Å². The molecule has 0 radical (unpaired) electrons. The molecule has 1 aliphatic heterocycles. The summed E-state index contributed by atoms with van der Waals surface area (Å²) in [6, 6.07) is 2.54. The fourth-order valence-electron chi connectivity index (χ4n) is 2.23. The third-order valence-electron chi connectivity index (χ3n) is 3.18. The fraction of sp³-hybridized carbons (Fsp3) is 0.500. The Morgan fingerprint density at radius 3 is 2.42 bits per heavy atom. The van der Waals surface area contributed by atoms with Gasteiger partial charge in [-0.3, -0.25) is 4.90 Å². The van der Waals surface area contributed by atoms with Crippen LogP contribution in [-0.2, 0) is 0 Å². The molecule has 1 fully saturated rings. The van der Waals surface area contributed by atoms with Crippen LogP contribution in [0.15, 0.2) is 12.1 Å². The molecule has 3 nitrogen and oxygen atoms in total. The van der Waals surface area contributed by atoms with Gasteiger partial charge in [-0.05, 0) is 12.1 Å². The molecule has 0 spiro atoms. The average Bonchev–Trinajstić information content (AvgIpc) is 2.40.